The second-order valence-electron chi connectivity index (χ2n) is 9.46. The number of carbonyl (C=O) groups is 2. The largest absolute Gasteiger partial charge is 0.488 e. The van der Waals surface area contributed by atoms with Gasteiger partial charge in [0.15, 0.2) is 0 Å². The second kappa shape index (κ2) is 11.7. The maximum absolute atomic E-state index is 12.9. The summed E-state index contributed by atoms with van der Waals surface area (Å²) in [6, 6.07) is 15.1. The molecule has 188 valence electrons. The van der Waals surface area contributed by atoms with Crippen LogP contribution < -0.4 is 20.3 Å². The van der Waals surface area contributed by atoms with Gasteiger partial charge in [-0.2, -0.15) is 0 Å². The van der Waals surface area contributed by atoms with Gasteiger partial charge >= 0.3 is 0 Å². The van der Waals surface area contributed by atoms with Crippen LogP contribution in [0, 0.1) is 13.8 Å². The van der Waals surface area contributed by atoms with Crippen LogP contribution in [0.25, 0.3) is 0 Å². The van der Waals surface area contributed by atoms with Crippen LogP contribution in [0.3, 0.4) is 0 Å². The zero-order chi connectivity index (χ0) is 25.5. The van der Waals surface area contributed by atoms with Gasteiger partial charge in [-0.25, -0.2) is 0 Å². The number of aromatic nitrogens is 1. The van der Waals surface area contributed by atoms with E-state index in [1.54, 1.807) is 12.4 Å². The third-order valence-corrected chi connectivity index (χ3v) is 6.30. The Morgan fingerprint density at radius 2 is 1.81 bits per heavy atom. The topological polar surface area (TPSA) is 83.6 Å². The van der Waals surface area contributed by atoms with Crippen LogP contribution in [0.4, 0.5) is 11.4 Å². The fraction of sp³-hybridized carbons (Fsp3) is 0.345. The molecule has 1 aliphatic heterocycles. The van der Waals surface area contributed by atoms with E-state index in [9.17, 15) is 9.59 Å². The summed E-state index contributed by atoms with van der Waals surface area (Å²) in [5.74, 6) is 0.420. The molecule has 0 spiro atoms. The minimum Gasteiger partial charge on any atom is -0.488 e. The van der Waals surface area contributed by atoms with Crippen LogP contribution in [0.5, 0.6) is 5.75 Å². The maximum atomic E-state index is 12.9. The minimum absolute atomic E-state index is 0.132. The number of pyridine rings is 1. The molecular formula is C29H34N4O3. The summed E-state index contributed by atoms with van der Waals surface area (Å²) in [7, 11) is 0. The monoisotopic (exact) mass is 486 g/mol. The van der Waals surface area contributed by atoms with E-state index in [2.05, 4.69) is 26.6 Å². The highest BCUT2D eigenvalue weighted by Crippen LogP contribution is 2.26. The van der Waals surface area contributed by atoms with Crippen LogP contribution in [0.15, 0.2) is 60.9 Å². The Morgan fingerprint density at radius 3 is 2.50 bits per heavy atom. The normalized spacial score (nSPS) is 13.8. The first-order valence-corrected chi connectivity index (χ1v) is 12.5. The van der Waals surface area contributed by atoms with Crippen LogP contribution in [-0.4, -0.2) is 35.9 Å². The smallest absolute Gasteiger partial charge is 0.251 e. The average Bonchev–Trinajstić information content (AvgIpc) is 3.39. The first kappa shape index (κ1) is 25.2. The molecule has 1 aliphatic rings. The van der Waals surface area contributed by atoms with E-state index in [0.717, 1.165) is 46.9 Å². The number of carbonyl (C=O) groups excluding carboxylic acids is 2. The number of rotatable bonds is 9. The summed E-state index contributed by atoms with van der Waals surface area (Å²) >= 11 is 0. The molecule has 0 saturated carbocycles. The van der Waals surface area contributed by atoms with Crippen molar-refractivity contribution in [1.29, 1.82) is 0 Å². The molecule has 2 N–H and O–H groups in total. The number of benzene rings is 2. The molecule has 0 radical (unpaired) electrons. The van der Waals surface area contributed by atoms with E-state index in [0.29, 0.717) is 12.2 Å². The third kappa shape index (κ3) is 6.62. The number of nitrogens with one attached hydrogen (secondary N) is 2. The van der Waals surface area contributed by atoms with Crippen molar-refractivity contribution in [3.63, 3.8) is 0 Å². The Labute approximate surface area is 212 Å². The van der Waals surface area contributed by atoms with Crippen molar-refractivity contribution >= 4 is 23.2 Å². The quantitative estimate of drug-likeness (QED) is 0.444. The number of anilines is 2. The molecule has 0 aliphatic carbocycles. The summed E-state index contributed by atoms with van der Waals surface area (Å²) in [5.41, 5.74) is 5.19. The molecule has 1 fully saturated rings. The lowest BCUT2D eigenvalue weighted by molar-refractivity contribution is -0.116. The minimum atomic E-state index is -0.318. The van der Waals surface area contributed by atoms with Gasteiger partial charge in [0, 0.05) is 60.4 Å². The van der Waals surface area contributed by atoms with E-state index in [-0.39, 0.29) is 24.3 Å². The van der Waals surface area contributed by atoms with Gasteiger partial charge in [0.2, 0.25) is 5.91 Å². The second-order valence-corrected chi connectivity index (χ2v) is 9.46. The predicted octanol–water partition coefficient (Wildman–Crippen LogP) is 5.02. The van der Waals surface area contributed by atoms with Gasteiger partial charge < -0.3 is 20.3 Å². The first-order valence-electron chi connectivity index (χ1n) is 12.5. The Bertz CT molecular complexity index is 1180. The van der Waals surface area contributed by atoms with Crippen molar-refractivity contribution < 1.29 is 14.3 Å². The van der Waals surface area contributed by atoms with Gasteiger partial charge in [-0.1, -0.05) is 12.1 Å². The van der Waals surface area contributed by atoms with Gasteiger partial charge in [-0.15, -0.1) is 0 Å². The summed E-state index contributed by atoms with van der Waals surface area (Å²) < 4.78 is 5.99. The predicted molar refractivity (Wildman–Crippen MR) is 143 cm³/mol. The van der Waals surface area contributed by atoms with Gasteiger partial charge in [0.05, 0.1) is 0 Å². The van der Waals surface area contributed by atoms with Crippen molar-refractivity contribution in [2.24, 2.45) is 0 Å². The average molecular weight is 487 g/mol. The van der Waals surface area contributed by atoms with E-state index < -0.39 is 0 Å². The molecule has 36 heavy (non-hydrogen) atoms. The van der Waals surface area contributed by atoms with Crippen molar-refractivity contribution in [1.82, 2.24) is 10.3 Å². The van der Waals surface area contributed by atoms with Crippen molar-refractivity contribution in [2.45, 2.75) is 52.7 Å². The Hall–Kier alpha value is -3.87. The summed E-state index contributed by atoms with van der Waals surface area (Å²) in [4.78, 5) is 31.9. The summed E-state index contributed by atoms with van der Waals surface area (Å²) in [5, 5.41) is 5.91. The Balaban J connectivity index is 1.31. The molecule has 0 bridgehead atoms. The van der Waals surface area contributed by atoms with Gasteiger partial charge in [0.25, 0.3) is 5.91 Å². The van der Waals surface area contributed by atoms with Gasteiger partial charge in [0.1, 0.15) is 12.4 Å². The molecule has 2 amide bonds. The standard InChI is InChI=1S/C29H34N4O3/c1-20-14-24(15-21(2)28(20)36-19-23-8-7-11-30-18-23)29(35)31-22(3)16-27(34)32-25-9-6-10-26(17-25)33-12-4-5-13-33/h6-11,14-15,17-18,22H,4-5,12-13,16,19H2,1-3H3,(H,31,35)(H,32,34). The zero-order valence-electron chi connectivity index (χ0n) is 21.2. The molecule has 3 aromatic rings. The number of hydrogen-bond donors (Lipinski definition) is 2. The number of nitrogens with zero attached hydrogens (tertiary/aromatic N) is 2. The molecule has 1 unspecified atom stereocenters. The lowest BCUT2D eigenvalue weighted by Crippen LogP contribution is -2.35. The molecule has 1 saturated heterocycles. The van der Waals surface area contributed by atoms with E-state index in [1.165, 1.54) is 12.8 Å². The molecule has 7 nitrogen and oxygen atoms in total. The molecule has 2 aromatic carbocycles. The van der Waals surface area contributed by atoms with Crippen molar-refractivity contribution in [3.8, 4) is 5.75 Å². The van der Waals surface area contributed by atoms with Crippen LogP contribution >= 0.6 is 0 Å². The molecule has 1 aromatic heterocycles. The number of ether oxygens (including phenoxy) is 1. The Kier molecular flexibility index (Phi) is 8.21. The highest BCUT2D eigenvalue weighted by Gasteiger charge is 2.17. The highest BCUT2D eigenvalue weighted by atomic mass is 16.5. The van der Waals surface area contributed by atoms with E-state index >= 15 is 0 Å². The molecular weight excluding hydrogens is 452 g/mol. The molecule has 7 heteroatoms. The lowest BCUT2D eigenvalue weighted by Gasteiger charge is -2.19. The van der Waals surface area contributed by atoms with Crippen molar-refractivity contribution in [2.75, 3.05) is 23.3 Å². The lowest BCUT2D eigenvalue weighted by atomic mass is 10.0. The van der Waals surface area contributed by atoms with E-state index in [4.69, 9.17) is 4.74 Å². The van der Waals surface area contributed by atoms with Crippen LogP contribution in [-0.2, 0) is 11.4 Å². The van der Waals surface area contributed by atoms with Crippen LogP contribution in [0.2, 0.25) is 0 Å². The van der Waals surface area contributed by atoms with Gasteiger partial charge in [-0.05, 0) is 81.1 Å². The van der Waals surface area contributed by atoms with E-state index in [1.807, 2.05) is 63.2 Å². The molecule has 4 rings (SSSR count). The summed E-state index contributed by atoms with van der Waals surface area (Å²) in [6.07, 6.45) is 6.09. The Morgan fingerprint density at radius 1 is 1.06 bits per heavy atom. The first-order chi connectivity index (χ1) is 17.4. The van der Waals surface area contributed by atoms with Crippen LogP contribution in [0.1, 0.15) is 53.2 Å². The number of amides is 2. The molecule has 1 atom stereocenters. The summed E-state index contributed by atoms with van der Waals surface area (Å²) in [6.45, 7) is 8.20. The van der Waals surface area contributed by atoms with Gasteiger partial charge in [-0.3, -0.25) is 14.6 Å². The fourth-order valence-corrected chi connectivity index (χ4v) is 4.55. The maximum Gasteiger partial charge on any atom is 0.251 e. The third-order valence-electron chi connectivity index (χ3n) is 6.30. The fourth-order valence-electron chi connectivity index (χ4n) is 4.55. The highest BCUT2D eigenvalue weighted by molar-refractivity contribution is 5.96. The molecule has 2 heterocycles. The SMILES string of the molecule is Cc1cc(C(=O)NC(C)CC(=O)Nc2cccc(N3CCCC3)c2)cc(C)c1OCc1cccnc1. The zero-order valence-corrected chi connectivity index (χ0v) is 21.2. The van der Waals surface area contributed by atoms with Crippen molar-refractivity contribution in [3.05, 3.63) is 83.2 Å². The number of hydrogen-bond acceptors (Lipinski definition) is 5. The number of aryl methyl sites for hydroxylation is 2.